The molecular formula is C14H18N4O2. The molecule has 2 heterocycles. The van der Waals surface area contributed by atoms with Crippen molar-refractivity contribution in [2.45, 2.75) is 19.9 Å². The van der Waals surface area contributed by atoms with E-state index in [-0.39, 0.29) is 5.91 Å². The summed E-state index contributed by atoms with van der Waals surface area (Å²) in [5, 5.41) is 2.82. The topological polar surface area (TPSA) is 69.0 Å². The Morgan fingerprint density at radius 2 is 2.25 bits per heavy atom. The van der Waals surface area contributed by atoms with E-state index in [2.05, 4.69) is 15.3 Å². The molecule has 2 aromatic heterocycles. The van der Waals surface area contributed by atoms with Gasteiger partial charge in [0.15, 0.2) is 5.82 Å². The Bertz CT molecular complexity index is 580. The molecule has 106 valence electrons. The van der Waals surface area contributed by atoms with E-state index < -0.39 is 0 Å². The fourth-order valence-corrected chi connectivity index (χ4v) is 1.69. The first kappa shape index (κ1) is 14.0. The van der Waals surface area contributed by atoms with Crippen LogP contribution in [-0.4, -0.2) is 27.0 Å². The van der Waals surface area contributed by atoms with Crippen LogP contribution in [0.4, 0.5) is 0 Å². The van der Waals surface area contributed by atoms with Crippen LogP contribution in [0.3, 0.4) is 0 Å². The fraction of sp³-hybridized carbons (Fsp3) is 0.357. The number of rotatable bonds is 6. The van der Waals surface area contributed by atoms with Gasteiger partial charge in [-0.25, -0.2) is 9.97 Å². The number of aryl methyl sites for hydroxylation is 1. The van der Waals surface area contributed by atoms with Crippen molar-refractivity contribution in [3.05, 3.63) is 42.1 Å². The van der Waals surface area contributed by atoms with Crippen molar-refractivity contribution in [1.82, 2.24) is 19.9 Å². The number of nitrogens with zero attached hydrogens (tertiary/aromatic N) is 3. The molecule has 6 heteroatoms. The maximum Gasteiger partial charge on any atom is 0.287 e. The summed E-state index contributed by atoms with van der Waals surface area (Å²) in [6.45, 7) is 3.09. The van der Waals surface area contributed by atoms with Crippen LogP contribution < -0.4 is 10.1 Å². The van der Waals surface area contributed by atoms with E-state index in [4.69, 9.17) is 4.74 Å². The number of aromatic nitrogens is 3. The van der Waals surface area contributed by atoms with Gasteiger partial charge < -0.3 is 14.6 Å². The van der Waals surface area contributed by atoms with E-state index in [1.807, 2.05) is 19.1 Å². The normalized spacial score (nSPS) is 10.3. The SMILES string of the molecule is CCCOc1cc(CNC(=O)c2nccn2C)ccn1. The summed E-state index contributed by atoms with van der Waals surface area (Å²) in [4.78, 5) is 20.0. The molecule has 0 saturated carbocycles. The second-order valence-corrected chi connectivity index (χ2v) is 4.40. The quantitative estimate of drug-likeness (QED) is 0.867. The van der Waals surface area contributed by atoms with E-state index in [1.165, 1.54) is 0 Å². The third kappa shape index (κ3) is 3.57. The fourth-order valence-electron chi connectivity index (χ4n) is 1.69. The molecule has 2 rings (SSSR count). The summed E-state index contributed by atoms with van der Waals surface area (Å²) in [7, 11) is 1.78. The van der Waals surface area contributed by atoms with Crippen molar-refractivity contribution >= 4 is 5.91 Å². The molecule has 0 fully saturated rings. The van der Waals surface area contributed by atoms with Gasteiger partial charge in [0.25, 0.3) is 5.91 Å². The molecule has 20 heavy (non-hydrogen) atoms. The zero-order chi connectivity index (χ0) is 14.4. The molecular weight excluding hydrogens is 256 g/mol. The lowest BCUT2D eigenvalue weighted by Gasteiger charge is -2.07. The minimum Gasteiger partial charge on any atom is -0.478 e. The predicted octanol–water partition coefficient (Wildman–Crippen LogP) is 1.53. The minimum atomic E-state index is -0.203. The molecule has 0 aliphatic rings. The monoisotopic (exact) mass is 274 g/mol. The highest BCUT2D eigenvalue weighted by atomic mass is 16.5. The lowest BCUT2D eigenvalue weighted by atomic mass is 10.2. The highest BCUT2D eigenvalue weighted by Gasteiger charge is 2.10. The van der Waals surface area contributed by atoms with Crippen LogP contribution in [0, 0.1) is 0 Å². The molecule has 0 aromatic carbocycles. The third-order valence-corrected chi connectivity index (χ3v) is 2.73. The Hall–Kier alpha value is -2.37. The number of ether oxygens (including phenoxy) is 1. The molecule has 0 aliphatic heterocycles. The van der Waals surface area contributed by atoms with Crippen molar-refractivity contribution in [2.24, 2.45) is 7.05 Å². The van der Waals surface area contributed by atoms with E-state index in [9.17, 15) is 4.79 Å². The number of nitrogens with one attached hydrogen (secondary N) is 1. The number of imidazole rings is 1. The molecule has 0 unspecified atom stereocenters. The number of hydrogen-bond acceptors (Lipinski definition) is 4. The van der Waals surface area contributed by atoms with Gasteiger partial charge in [-0.05, 0) is 18.1 Å². The predicted molar refractivity (Wildman–Crippen MR) is 74.4 cm³/mol. The highest BCUT2D eigenvalue weighted by molar-refractivity contribution is 5.90. The number of pyridine rings is 1. The molecule has 0 radical (unpaired) electrons. The number of carbonyl (C=O) groups excluding carboxylic acids is 1. The maximum atomic E-state index is 11.9. The summed E-state index contributed by atoms with van der Waals surface area (Å²) < 4.78 is 7.13. The Kier molecular flexibility index (Phi) is 4.70. The van der Waals surface area contributed by atoms with Crippen LogP contribution in [0.15, 0.2) is 30.7 Å². The van der Waals surface area contributed by atoms with Crippen LogP contribution >= 0.6 is 0 Å². The van der Waals surface area contributed by atoms with Gasteiger partial charge >= 0.3 is 0 Å². The number of hydrogen-bond donors (Lipinski definition) is 1. The average Bonchev–Trinajstić information content (AvgIpc) is 2.89. The van der Waals surface area contributed by atoms with Gasteiger partial charge in [-0.15, -0.1) is 0 Å². The van der Waals surface area contributed by atoms with Crippen molar-refractivity contribution < 1.29 is 9.53 Å². The van der Waals surface area contributed by atoms with Crippen LogP contribution in [-0.2, 0) is 13.6 Å². The lowest BCUT2D eigenvalue weighted by molar-refractivity contribution is 0.0937. The van der Waals surface area contributed by atoms with Crippen molar-refractivity contribution in [2.75, 3.05) is 6.61 Å². The largest absolute Gasteiger partial charge is 0.478 e. The number of amides is 1. The summed E-state index contributed by atoms with van der Waals surface area (Å²) in [5.74, 6) is 0.766. The molecule has 1 N–H and O–H groups in total. The standard InChI is InChI=1S/C14H18N4O2/c1-3-8-20-12-9-11(4-5-15-12)10-17-14(19)13-16-6-7-18(13)2/h4-7,9H,3,8,10H2,1-2H3,(H,17,19). The van der Waals surface area contributed by atoms with Gasteiger partial charge in [-0.2, -0.15) is 0 Å². The minimum absolute atomic E-state index is 0.203. The van der Waals surface area contributed by atoms with Gasteiger partial charge in [0.2, 0.25) is 5.88 Å². The second-order valence-electron chi connectivity index (χ2n) is 4.40. The van der Waals surface area contributed by atoms with E-state index >= 15 is 0 Å². The molecule has 0 spiro atoms. The zero-order valence-corrected chi connectivity index (χ0v) is 11.7. The molecule has 6 nitrogen and oxygen atoms in total. The van der Waals surface area contributed by atoms with Gasteiger partial charge in [0.1, 0.15) is 0 Å². The zero-order valence-electron chi connectivity index (χ0n) is 11.7. The van der Waals surface area contributed by atoms with Gasteiger partial charge in [0.05, 0.1) is 6.61 Å². The summed E-state index contributed by atoms with van der Waals surface area (Å²) in [6.07, 6.45) is 5.94. The van der Waals surface area contributed by atoms with E-state index in [0.29, 0.717) is 24.9 Å². The Labute approximate surface area is 117 Å². The van der Waals surface area contributed by atoms with Gasteiger partial charge in [0, 0.05) is 38.2 Å². The third-order valence-electron chi connectivity index (χ3n) is 2.73. The first-order chi connectivity index (χ1) is 9.70. The maximum absolute atomic E-state index is 11.9. The van der Waals surface area contributed by atoms with Crippen LogP contribution in [0.2, 0.25) is 0 Å². The number of carbonyl (C=O) groups is 1. The molecule has 0 bridgehead atoms. The Morgan fingerprint density at radius 1 is 1.40 bits per heavy atom. The first-order valence-corrected chi connectivity index (χ1v) is 6.54. The first-order valence-electron chi connectivity index (χ1n) is 6.54. The smallest absolute Gasteiger partial charge is 0.287 e. The summed E-state index contributed by atoms with van der Waals surface area (Å²) in [6, 6.07) is 3.67. The summed E-state index contributed by atoms with van der Waals surface area (Å²) >= 11 is 0. The average molecular weight is 274 g/mol. The molecule has 0 saturated heterocycles. The van der Waals surface area contributed by atoms with Crippen LogP contribution in [0.5, 0.6) is 5.88 Å². The van der Waals surface area contributed by atoms with Crippen molar-refractivity contribution in [3.63, 3.8) is 0 Å². The second kappa shape index (κ2) is 6.70. The van der Waals surface area contributed by atoms with Crippen molar-refractivity contribution in [3.8, 4) is 5.88 Å². The molecule has 0 aliphatic carbocycles. The van der Waals surface area contributed by atoms with Gasteiger partial charge in [-0.1, -0.05) is 6.92 Å². The lowest BCUT2D eigenvalue weighted by Crippen LogP contribution is -2.25. The van der Waals surface area contributed by atoms with E-state index in [0.717, 1.165) is 12.0 Å². The summed E-state index contributed by atoms with van der Waals surface area (Å²) in [5.41, 5.74) is 0.939. The Morgan fingerprint density at radius 3 is 2.95 bits per heavy atom. The van der Waals surface area contributed by atoms with E-state index in [1.54, 1.807) is 30.2 Å². The Balaban J connectivity index is 1.94. The molecule has 1 amide bonds. The molecule has 0 atom stereocenters. The van der Waals surface area contributed by atoms with Crippen LogP contribution in [0.1, 0.15) is 29.5 Å². The molecule has 2 aromatic rings. The van der Waals surface area contributed by atoms with Gasteiger partial charge in [-0.3, -0.25) is 4.79 Å². The van der Waals surface area contributed by atoms with Crippen LogP contribution in [0.25, 0.3) is 0 Å². The highest BCUT2D eigenvalue weighted by Crippen LogP contribution is 2.09. The van der Waals surface area contributed by atoms with Crippen molar-refractivity contribution in [1.29, 1.82) is 0 Å².